The van der Waals surface area contributed by atoms with E-state index in [-0.39, 0.29) is 22.9 Å². The van der Waals surface area contributed by atoms with Crippen LogP contribution < -0.4 is 15.6 Å². The van der Waals surface area contributed by atoms with Crippen molar-refractivity contribution in [3.8, 4) is 0 Å². The van der Waals surface area contributed by atoms with Gasteiger partial charge in [0.1, 0.15) is 30.0 Å². The normalized spacial score (nSPS) is 20.0. The molecule has 3 aromatic rings. The van der Waals surface area contributed by atoms with E-state index in [0.29, 0.717) is 17.9 Å². The van der Waals surface area contributed by atoms with Gasteiger partial charge in [0.25, 0.3) is 16.6 Å². The Bertz CT molecular complexity index is 1410. The molecule has 1 saturated heterocycles. The lowest BCUT2D eigenvalue weighted by atomic mass is 10.0. The standard InChI is InChI=1S/C21H19N7O5S2/c1-33-26-14(12-7-13(22)25-24-12)17(29)23-15-18(30)28-16(21(31)32)11(9-35-20(15)28)8-27-5-2-3-10-4-6-34-19(10)27/h2-7,15,20H,8-9H2,1H3,(H4-,22,23,24,25,26,29,31,32)/p+1/t15?,20-/m0/s1. The molecule has 2 aliphatic heterocycles. The molecule has 0 saturated carbocycles. The van der Waals surface area contributed by atoms with Crippen LogP contribution >= 0.6 is 23.1 Å². The van der Waals surface area contributed by atoms with Gasteiger partial charge in [0, 0.05) is 23.5 Å². The van der Waals surface area contributed by atoms with Crippen LogP contribution in [0.15, 0.2) is 52.3 Å². The number of nitrogens with two attached hydrogens (primary N) is 1. The van der Waals surface area contributed by atoms with Crippen LogP contribution in [0.4, 0.5) is 5.82 Å². The number of aromatic amines is 1. The molecule has 14 heteroatoms. The van der Waals surface area contributed by atoms with E-state index in [0.717, 1.165) is 10.2 Å². The molecule has 2 amide bonds. The molecular weight excluding hydrogens is 494 g/mol. The topological polar surface area (TPSA) is 167 Å². The van der Waals surface area contributed by atoms with Crippen LogP contribution in [0.1, 0.15) is 5.69 Å². The predicted molar refractivity (Wildman–Crippen MR) is 128 cm³/mol. The summed E-state index contributed by atoms with van der Waals surface area (Å²) >= 11 is 2.96. The Morgan fingerprint density at radius 2 is 2.29 bits per heavy atom. The number of pyridine rings is 1. The number of carbonyl (C=O) groups is 3. The van der Waals surface area contributed by atoms with Gasteiger partial charge in [0.15, 0.2) is 18.5 Å². The number of β-lactam (4-membered cyclic amide) rings is 1. The number of rotatable bonds is 7. The van der Waals surface area contributed by atoms with Crippen LogP contribution in [0.25, 0.3) is 10.2 Å². The van der Waals surface area contributed by atoms with E-state index in [4.69, 9.17) is 10.6 Å². The van der Waals surface area contributed by atoms with Crippen molar-refractivity contribution in [3.05, 3.63) is 52.8 Å². The second-order valence-electron chi connectivity index (χ2n) is 7.76. The van der Waals surface area contributed by atoms with Crippen LogP contribution in [0, 0.1) is 0 Å². The molecule has 5 heterocycles. The van der Waals surface area contributed by atoms with Crippen molar-refractivity contribution in [2.45, 2.75) is 18.0 Å². The van der Waals surface area contributed by atoms with Crippen molar-refractivity contribution in [2.24, 2.45) is 5.16 Å². The SMILES string of the molecule is CON=C(C(=O)NC1C(=O)N2C(C(=O)O)=C(C[n+]3cccc4ccsc43)CS[C@@H]12)c1cc(N)n[nH]1. The average Bonchev–Trinajstić information content (AvgIpc) is 3.49. The maximum absolute atomic E-state index is 13.0. The minimum Gasteiger partial charge on any atom is -0.477 e. The van der Waals surface area contributed by atoms with Gasteiger partial charge in [0.05, 0.1) is 11.1 Å². The minimum absolute atomic E-state index is 0.0440. The maximum atomic E-state index is 13.0. The van der Waals surface area contributed by atoms with Gasteiger partial charge in [-0.3, -0.25) is 19.6 Å². The Hall–Kier alpha value is -3.91. The van der Waals surface area contributed by atoms with E-state index < -0.39 is 29.2 Å². The fourth-order valence-electron chi connectivity index (χ4n) is 4.10. The Morgan fingerprint density at radius 1 is 1.46 bits per heavy atom. The van der Waals surface area contributed by atoms with Gasteiger partial charge in [-0.2, -0.15) is 9.67 Å². The second kappa shape index (κ2) is 9.03. The first-order valence-electron chi connectivity index (χ1n) is 10.4. The van der Waals surface area contributed by atoms with E-state index >= 15 is 0 Å². The van der Waals surface area contributed by atoms with Gasteiger partial charge in [-0.1, -0.05) is 16.5 Å². The molecule has 1 unspecified atom stereocenters. The summed E-state index contributed by atoms with van der Waals surface area (Å²) in [5.74, 6) is -1.82. The number of thiophene rings is 1. The summed E-state index contributed by atoms with van der Waals surface area (Å²) in [7, 11) is 1.28. The van der Waals surface area contributed by atoms with E-state index in [1.165, 1.54) is 29.8 Å². The monoisotopic (exact) mass is 514 g/mol. The summed E-state index contributed by atoms with van der Waals surface area (Å²) in [6.45, 7) is 0.339. The highest BCUT2D eigenvalue weighted by Gasteiger charge is 2.54. The minimum atomic E-state index is -1.18. The van der Waals surface area contributed by atoms with Crippen LogP contribution in [0.5, 0.6) is 0 Å². The van der Waals surface area contributed by atoms with Crippen molar-refractivity contribution < 1.29 is 28.9 Å². The molecule has 1 fully saturated rings. The molecule has 0 aliphatic carbocycles. The number of nitrogen functional groups attached to an aromatic ring is 1. The number of H-pyrrole nitrogens is 1. The van der Waals surface area contributed by atoms with Crippen LogP contribution in [0.2, 0.25) is 0 Å². The van der Waals surface area contributed by atoms with Crippen molar-refractivity contribution in [1.82, 2.24) is 20.4 Å². The number of fused-ring (bicyclic) bond motifs is 2. The Labute approximate surface area is 206 Å². The van der Waals surface area contributed by atoms with Gasteiger partial charge < -0.3 is 21.0 Å². The first-order valence-corrected chi connectivity index (χ1v) is 12.3. The largest absolute Gasteiger partial charge is 0.477 e. The quantitative estimate of drug-likeness (QED) is 0.151. The zero-order valence-corrected chi connectivity index (χ0v) is 19.9. The number of aromatic nitrogens is 3. The molecular formula is C21H20N7O5S2+. The fraction of sp³-hybridized carbons (Fsp3) is 0.238. The van der Waals surface area contributed by atoms with Crippen molar-refractivity contribution >= 4 is 62.6 Å². The number of anilines is 1. The smallest absolute Gasteiger partial charge is 0.352 e. The molecule has 0 bridgehead atoms. The van der Waals surface area contributed by atoms with E-state index in [2.05, 4.69) is 20.7 Å². The summed E-state index contributed by atoms with van der Waals surface area (Å²) in [6, 6.07) is 6.39. The average molecular weight is 515 g/mol. The Kier molecular flexibility index (Phi) is 5.90. The zero-order chi connectivity index (χ0) is 24.7. The number of carboxylic acid groups (broad SMARTS) is 1. The number of amides is 2. The first-order chi connectivity index (χ1) is 16.9. The molecule has 3 aromatic heterocycles. The lowest BCUT2D eigenvalue weighted by molar-refractivity contribution is -0.661. The second-order valence-corrected chi connectivity index (χ2v) is 9.76. The van der Waals surface area contributed by atoms with Crippen LogP contribution in [0.3, 0.4) is 0 Å². The number of aliphatic carboxylic acids is 1. The van der Waals surface area contributed by atoms with Crippen molar-refractivity contribution in [3.63, 3.8) is 0 Å². The Balaban J connectivity index is 1.38. The number of oxime groups is 1. The lowest BCUT2D eigenvalue weighted by Crippen LogP contribution is -2.71. The highest BCUT2D eigenvalue weighted by Crippen LogP contribution is 2.40. The third kappa shape index (κ3) is 4.00. The molecule has 0 aromatic carbocycles. The summed E-state index contributed by atoms with van der Waals surface area (Å²) < 4.78 is 1.98. The molecule has 2 atom stereocenters. The highest BCUT2D eigenvalue weighted by molar-refractivity contribution is 8.00. The van der Waals surface area contributed by atoms with E-state index in [1.54, 1.807) is 11.3 Å². The first kappa shape index (κ1) is 22.9. The molecule has 5 N–H and O–H groups in total. The van der Waals surface area contributed by atoms with Crippen LogP contribution in [-0.4, -0.2) is 68.0 Å². The van der Waals surface area contributed by atoms with E-state index in [9.17, 15) is 19.5 Å². The van der Waals surface area contributed by atoms with Crippen molar-refractivity contribution in [2.75, 3.05) is 18.6 Å². The summed E-state index contributed by atoms with van der Waals surface area (Å²) in [5, 5.41) is 25.1. The number of carbonyl (C=O) groups excluding carboxylic acids is 2. The zero-order valence-electron chi connectivity index (χ0n) is 18.3. The summed E-state index contributed by atoms with van der Waals surface area (Å²) in [6.07, 6.45) is 1.89. The lowest BCUT2D eigenvalue weighted by Gasteiger charge is -2.49. The highest BCUT2D eigenvalue weighted by atomic mass is 32.2. The maximum Gasteiger partial charge on any atom is 0.352 e. The third-order valence-electron chi connectivity index (χ3n) is 5.62. The molecule has 180 valence electrons. The van der Waals surface area contributed by atoms with E-state index in [1.807, 2.05) is 34.3 Å². The number of hydrogen-bond donors (Lipinski definition) is 4. The number of thioether (sulfide) groups is 1. The van der Waals surface area contributed by atoms with Gasteiger partial charge in [0.2, 0.25) is 0 Å². The number of nitrogens with zero attached hydrogens (tertiary/aromatic N) is 4. The van der Waals surface area contributed by atoms with Gasteiger partial charge in [-0.25, -0.2) is 4.79 Å². The van der Waals surface area contributed by atoms with Gasteiger partial charge in [-0.15, -0.1) is 11.8 Å². The number of hydrogen-bond acceptors (Lipinski definition) is 9. The summed E-state index contributed by atoms with van der Waals surface area (Å²) in [5.41, 5.74) is 6.26. The fourth-order valence-corrected chi connectivity index (χ4v) is 6.31. The number of nitrogens with one attached hydrogen (secondary N) is 2. The number of carboxylic acids is 1. The molecule has 0 spiro atoms. The molecule has 2 aliphatic rings. The molecule has 0 radical (unpaired) electrons. The molecule has 5 rings (SSSR count). The van der Waals surface area contributed by atoms with Crippen LogP contribution in [-0.2, 0) is 25.8 Å². The Morgan fingerprint density at radius 3 is 3.00 bits per heavy atom. The van der Waals surface area contributed by atoms with Gasteiger partial charge >= 0.3 is 5.97 Å². The summed E-state index contributed by atoms with van der Waals surface area (Å²) in [4.78, 5) is 45.1. The van der Waals surface area contributed by atoms with Crippen molar-refractivity contribution in [1.29, 1.82) is 0 Å². The molecule has 35 heavy (non-hydrogen) atoms. The third-order valence-corrected chi connectivity index (χ3v) is 7.93. The predicted octanol–water partition coefficient (Wildman–Crippen LogP) is 0.283. The van der Waals surface area contributed by atoms with Gasteiger partial charge in [-0.05, 0) is 17.5 Å². The molecule has 12 nitrogen and oxygen atoms in total.